The number of nitrogens with zero attached hydrogens (tertiary/aromatic N) is 2. The van der Waals surface area contributed by atoms with Gasteiger partial charge in [-0.15, -0.1) is 0 Å². The van der Waals surface area contributed by atoms with E-state index >= 15 is 0 Å². The largest absolute Gasteiger partial charge is 0.497 e. The van der Waals surface area contributed by atoms with Crippen LogP contribution in [0.15, 0.2) is 47.4 Å². The van der Waals surface area contributed by atoms with Gasteiger partial charge in [-0.25, -0.2) is 12.8 Å². The summed E-state index contributed by atoms with van der Waals surface area (Å²) in [6, 6.07) is 10.9. The van der Waals surface area contributed by atoms with E-state index in [1.807, 2.05) is 0 Å². The Kier molecular flexibility index (Phi) is 6.94. The van der Waals surface area contributed by atoms with Crippen molar-refractivity contribution in [3.63, 3.8) is 0 Å². The Morgan fingerprint density at radius 2 is 1.67 bits per heavy atom. The zero-order valence-corrected chi connectivity index (χ0v) is 17.8. The Hall–Kier alpha value is -2.65. The van der Waals surface area contributed by atoms with Gasteiger partial charge in [-0.3, -0.25) is 4.79 Å². The standard InChI is InChI=1S/C21H25FN2O5S/c1-28-17-5-7-18(8-6-17)30(26,27)24-13-11-23(12-14-24)21(25)10-4-16-3-9-20(29-2)19(22)15-16/h3,5-9,15H,4,10-14H2,1-2H3. The first kappa shape index (κ1) is 22.0. The predicted octanol–water partition coefficient (Wildman–Crippen LogP) is 2.31. The first-order chi connectivity index (χ1) is 14.3. The van der Waals surface area contributed by atoms with Gasteiger partial charge in [-0.1, -0.05) is 6.07 Å². The number of carbonyl (C=O) groups is 1. The molecule has 1 aliphatic heterocycles. The Labute approximate surface area is 176 Å². The first-order valence-corrected chi connectivity index (χ1v) is 11.0. The van der Waals surface area contributed by atoms with Crippen molar-refractivity contribution in [2.75, 3.05) is 40.4 Å². The zero-order valence-electron chi connectivity index (χ0n) is 17.0. The molecule has 0 atom stereocenters. The van der Waals surface area contributed by atoms with Crippen LogP contribution in [-0.2, 0) is 21.2 Å². The summed E-state index contributed by atoms with van der Waals surface area (Å²) in [5.74, 6) is 0.216. The van der Waals surface area contributed by atoms with Gasteiger partial charge in [0, 0.05) is 32.6 Å². The SMILES string of the molecule is COc1ccc(S(=O)(=O)N2CCN(C(=O)CCc3ccc(OC)c(F)c3)CC2)cc1. The number of aryl methyl sites for hydroxylation is 1. The average Bonchev–Trinajstić information content (AvgIpc) is 2.77. The van der Waals surface area contributed by atoms with Crippen LogP contribution in [0.3, 0.4) is 0 Å². The number of sulfonamides is 1. The fraction of sp³-hybridized carbons (Fsp3) is 0.381. The van der Waals surface area contributed by atoms with Crippen LogP contribution in [0, 0.1) is 5.82 Å². The Balaban J connectivity index is 1.54. The van der Waals surface area contributed by atoms with Crippen LogP contribution >= 0.6 is 0 Å². The molecule has 1 aliphatic rings. The lowest BCUT2D eigenvalue weighted by Crippen LogP contribution is -2.50. The molecular weight excluding hydrogens is 411 g/mol. The van der Waals surface area contributed by atoms with E-state index in [0.29, 0.717) is 30.8 Å². The van der Waals surface area contributed by atoms with Crippen molar-refractivity contribution in [1.82, 2.24) is 9.21 Å². The Morgan fingerprint density at radius 1 is 1.00 bits per heavy atom. The molecule has 30 heavy (non-hydrogen) atoms. The van der Waals surface area contributed by atoms with Gasteiger partial charge in [0.2, 0.25) is 15.9 Å². The molecule has 2 aromatic carbocycles. The van der Waals surface area contributed by atoms with Gasteiger partial charge >= 0.3 is 0 Å². The molecule has 9 heteroatoms. The molecule has 0 bridgehead atoms. The summed E-state index contributed by atoms with van der Waals surface area (Å²) in [6.07, 6.45) is 0.640. The number of rotatable bonds is 7. The minimum Gasteiger partial charge on any atom is -0.497 e. The van der Waals surface area contributed by atoms with Crippen molar-refractivity contribution in [3.05, 3.63) is 53.8 Å². The molecular formula is C21H25FN2O5S. The van der Waals surface area contributed by atoms with E-state index in [2.05, 4.69) is 0 Å². The fourth-order valence-electron chi connectivity index (χ4n) is 3.35. The van der Waals surface area contributed by atoms with Gasteiger partial charge in [-0.05, 0) is 48.4 Å². The number of piperazine rings is 1. The number of hydrogen-bond acceptors (Lipinski definition) is 5. The third-order valence-electron chi connectivity index (χ3n) is 5.13. The smallest absolute Gasteiger partial charge is 0.243 e. The minimum absolute atomic E-state index is 0.0762. The van der Waals surface area contributed by atoms with Gasteiger partial charge in [0.25, 0.3) is 0 Å². The van der Waals surface area contributed by atoms with Crippen molar-refractivity contribution in [2.24, 2.45) is 0 Å². The molecule has 3 rings (SSSR count). The predicted molar refractivity (Wildman–Crippen MR) is 110 cm³/mol. The number of methoxy groups -OCH3 is 2. The molecule has 0 aliphatic carbocycles. The van der Waals surface area contributed by atoms with Crippen LogP contribution in [0.2, 0.25) is 0 Å². The maximum atomic E-state index is 13.8. The second kappa shape index (κ2) is 9.44. The van der Waals surface area contributed by atoms with Crippen LogP contribution in [0.1, 0.15) is 12.0 Å². The summed E-state index contributed by atoms with van der Waals surface area (Å²) in [4.78, 5) is 14.4. The van der Waals surface area contributed by atoms with Crippen LogP contribution in [0.4, 0.5) is 4.39 Å². The van der Waals surface area contributed by atoms with E-state index in [-0.39, 0.29) is 36.1 Å². The van der Waals surface area contributed by atoms with Gasteiger partial charge in [0.05, 0.1) is 19.1 Å². The maximum absolute atomic E-state index is 13.8. The summed E-state index contributed by atoms with van der Waals surface area (Å²) >= 11 is 0. The average molecular weight is 437 g/mol. The minimum atomic E-state index is -3.62. The van der Waals surface area contributed by atoms with Gasteiger partial charge < -0.3 is 14.4 Å². The van der Waals surface area contributed by atoms with Crippen LogP contribution in [0.5, 0.6) is 11.5 Å². The summed E-state index contributed by atoms with van der Waals surface area (Å²) < 4.78 is 50.7. The summed E-state index contributed by atoms with van der Waals surface area (Å²) in [6.45, 7) is 1.12. The molecule has 1 heterocycles. The summed E-state index contributed by atoms with van der Waals surface area (Å²) in [5.41, 5.74) is 0.711. The highest BCUT2D eigenvalue weighted by Crippen LogP contribution is 2.22. The lowest BCUT2D eigenvalue weighted by Gasteiger charge is -2.34. The fourth-order valence-corrected chi connectivity index (χ4v) is 4.77. The van der Waals surface area contributed by atoms with Crippen LogP contribution in [0.25, 0.3) is 0 Å². The number of hydrogen-bond donors (Lipinski definition) is 0. The third kappa shape index (κ3) is 4.91. The van der Waals surface area contributed by atoms with Gasteiger partial charge in [-0.2, -0.15) is 4.31 Å². The van der Waals surface area contributed by atoms with Crippen LogP contribution in [-0.4, -0.2) is 63.9 Å². The molecule has 0 N–H and O–H groups in total. The van der Waals surface area contributed by atoms with E-state index in [1.54, 1.807) is 23.1 Å². The van der Waals surface area contributed by atoms with E-state index in [4.69, 9.17) is 9.47 Å². The van der Waals surface area contributed by atoms with Crippen LogP contribution < -0.4 is 9.47 Å². The molecule has 0 unspecified atom stereocenters. The number of halogens is 1. The highest BCUT2D eigenvalue weighted by atomic mass is 32.2. The van der Waals surface area contributed by atoms with E-state index in [9.17, 15) is 17.6 Å². The highest BCUT2D eigenvalue weighted by Gasteiger charge is 2.30. The van der Waals surface area contributed by atoms with Crippen molar-refractivity contribution in [1.29, 1.82) is 0 Å². The topological polar surface area (TPSA) is 76.2 Å². The number of carbonyl (C=O) groups excluding carboxylic acids is 1. The van der Waals surface area contributed by atoms with Crippen molar-refractivity contribution in [2.45, 2.75) is 17.7 Å². The van der Waals surface area contributed by atoms with E-state index < -0.39 is 15.8 Å². The number of amides is 1. The molecule has 1 amide bonds. The van der Waals surface area contributed by atoms with Crippen molar-refractivity contribution >= 4 is 15.9 Å². The molecule has 0 saturated carbocycles. The summed E-state index contributed by atoms with van der Waals surface area (Å²) in [5, 5.41) is 0. The highest BCUT2D eigenvalue weighted by molar-refractivity contribution is 7.89. The quantitative estimate of drug-likeness (QED) is 0.666. The normalized spacial score (nSPS) is 15.1. The zero-order chi connectivity index (χ0) is 21.7. The summed E-state index contributed by atoms with van der Waals surface area (Å²) in [7, 11) is -0.699. The molecule has 1 saturated heterocycles. The number of ether oxygens (including phenoxy) is 2. The van der Waals surface area contributed by atoms with E-state index in [1.165, 1.54) is 42.8 Å². The monoisotopic (exact) mass is 436 g/mol. The van der Waals surface area contributed by atoms with Gasteiger partial charge in [0.15, 0.2) is 11.6 Å². The lowest BCUT2D eigenvalue weighted by atomic mass is 10.1. The Bertz CT molecular complexity index is 987. The second-order valence-electron chi connectivity index (χ2n) is 6.93. The molecule has 0 aromatic heterocycles. The lowest BCUT2D eigenvalue weighted by molar-refractivity contribution is -0.132. The maximum Gasteiger partial charge on any atom is 0.243 e. The third-order valence-corrected chi connectivity index (χ3v) is 7.05. The molecule has 162 valence electrons. The molecule has 0 radical (unpaired) electrons. The number of benzene rings is 2. The molecule has 0 spiro atoms. The Morgan fingerprint density at radius 3 is 2.23 bits per heavy atom. The molecule has 1 fully saturated rings. The van der Waals surface area contributed by atoms with E-state index in [0.717, 1.165) is 0 Å². The van der Waals surface area contributed by atoms with Crippen molar-refractivity contribution in [3.8, 4) is 11.5 Å². The first-order valence-electron chi connectivity index (χ1n) is 9.59. The molecule has 7 nitrogen and oxygen atoms in total. The molecule has 2 aromatic rings. The second-order valence-corrected chi connectivity index (χ2v) is 8.87. The van der Waals surface area contributed by atoms with Crippen molar-refractivity contribution < 1.29 is 27.1 Å². The van der Waals surface area contributed by atoms with Gasteiger partial charge in [0.1, 0.15) is 5.75 Å².